The van der Waals surface area contributed by atoms with E-state index in [0.29, 0.717) is 0 Å². The van der Waals surface area contributed by atoms with Crippen molar-refractivity contribution in [3.05, 3.63) is 36.4 Å². The SMILES string of the molecule is CSC(C)C(C)C(=O)N(C)c1cn(-c2cccnc2)nc1C. The molecule has 0 spiro atoms. The van der Waals surface area contributed by atoms with E-state index in [9.17, 15) is 4.79 Å². The largest absolute Gasteiger partial charge is 0.312 e. The standard InChI is InChI=1S/C16H22N4OS/c1-11(13(3)22-5)16(21)19(4)15-10-20(18-12(15)2)14-7-6-8-17-9-14/h6-11,13H,1-5H3. The van der Waals surface area contributed by atoms with Gasteiger partial charge in [0.1, 0.15) is 0 Å². The number of nitrogens with zero attached hydrogens (tertiary/aromatic N) is 4. The Morgan fingerprint density at radius 2 is 2.14 bits per heavy atom. The highest BCUT2D eigenvalue weighted by atomic mass is 32.2. The number of thioether (sulfide) groups is 1. The minimum absolute atomic E-state index is 0.0406. The monoisotopic (exact) mass is 318 g/mol. The molecule has 0 saturated carbocycles. The Kier molecular flexibility index (Phi) is 5.24. The number of hydrogen-bond acceptors (Lipinski definition) is 4. The molecule has 0 aliphatic heterocycles. The van der Waals surface area contributed by atoms with Gasteiger partial charge >= 0.3 is 0 Å². The molecule has 22 heavy (non-hydrogen) atoms. The maximum Gasteiger partial charge on any atom is 0.230 e. The Morgan fingerprint density at radius 3 is 2.73 bits per heavy atom. The summed E-state index contributed by atoms with van der Waals surface area (Å²) in [6.45, 7) is 5.96. The summed E-state index contributed by atoms with van der Waals surface area (Å²) in [6, 6.07) is 3.80. The van der Waals surface area contributed by atoms with E-state index in [1.165, 1.54) is 0 Å². The molecule has 2 atom stereocenters. The third-order valence-corrected chi connectivity index (χ3v) is 5.09. The molecule has 0 saturated heterocycles. The number of aromatic nitrogens is 3. The van der Waals surface area contributed by atoms with E-state index in [1.807, 2.05) is 45.5 Å². The molecule has 0 fully saturated rings. The summed E-state index contributed by atoms with van der Waals surface area (Å²) < 4.78 is 1.75. The zero-order chi connectivity index (χ0) is 16.3. The molecule has 0 aromatic carbocycles. The van der Waals surface area contributed by atoms with Gasteiger partial charge in [0, 0.05) is 24.4 Å². The molecular weight excluding hydrogens is 296 g/mol. The van der Waals surface area contributed by atoms with Gasteiger partial charge in [0.2, 0.25) is 5.91 Å². The number of pyridine rings is 1. The summed E-state index contributed by atoms with van der Waals surface area (Å²) in [5.41, 5.74) is 2.53. The molecule has 2 unspecified atom stereocenters. The predicted molar refractivity (Wildman–Crippen MR) is 91.6 cm³/mol. The fourth-order valence-corrected chi connectivity index (χ4v) is 2.76. The van der Waals surface area contributed by atoms with Gasteiger partial charge in [-0.2, -0.15) is 16.9 Å². The van der Waals surface area contributed by atoms with Crippen LogP contribution in [0.4, 0.5) is 5.69 Å². The quantitative estimate of drug-likeness (QED) is 0.850. The number of carbonyl (C=O) groups is 1. The molecule has 0 bridgehead atoms. The number of hydrogen-bond donors (Lipinski definition) is 0. The molecule has 0 aliphatic rings. The lowest BCUT2D eigenvalue weighted by atomic mass is 10.1. The molecule has 2 aromatic rings. The van der Waals surface area contributed by atoms with Gasteiger partial charge in [-0.15, -0.1) is 0 Å². The molecule has 2 aromatic heterocycles. The highest BCUT2D eigenvalue weighted by molar-refractivity contribution is 7.99. The van der Waals surface area contributed by atoms with Crippen molar-refractivity contribution in [1.82, 2.24) is 14.8 Å². The summed E-state index contributed by atoms with van der Waals surface area (Å²) in [5, 5.41) is 4.77. The first-order valence-corrected chi connectivity index (χ1v) is 8.51. The van der Waals surface area contributed by atoms with Gasteiger partial charge in [-0.3, -0.25) is 9.78 Å². The first-order valence-electron chi connectivity index (χ1n) is 7.22. The maximum absolute atomic E-state index is 12.6. The van der Waals surface area contributed by atoms with Crippen molar-refractivity contribution in [3.63, 3.8) is 0 Å². The Labute approximate surface area is 135 Å². The first-order chi connectivity index (χ1) is 10.5. The predicted octanol–water partition coefficient (Wildman–Crippen LogP) is 2.93. The van der Waals surface area contributed by atoms with E-state index in [4.69, 9.17) is 0 Å². The first kappa shape index (κ1) is 16.5. The normalized spacial score (nSPS) is 13.7. The summed E-state index contributed by atoms with van der Waals surface area (Å²) in [4.78, 5) is 18.4. The van der Waals surface area contributed by atoms with Crippen molar-refractivity contribution in [1.29, 1.82) is 0 Å². The van der Waals surface area contributed by atoms with Gasteiger partial charge in [-0.25, -0.2) is 4.68 Å². The molecule has 0 aliphatic carbocycles. The Bertz CT molecular complexity index is 641. The molecule has 2 rings (SSSR count). The fraction of sp³-hybridized carbons (Fsp3) is 0.438. The van der Waals surface area contributed by atoms with E-state index in [2.05, 4.69) is 17.0 Å². The van der Waals surface area contributed by atoms with Crippen LogP contribution in [-0.4, -0.2) is 39.2 Å². The van der Waals surface area contributed by atoms with E-state index in [0.717, 1.165) is 17.1 Å². The van der Waals surface area contributed by atoms with Gasteiger partial charge < -0.3 is 4.90 Å². The molecule has 6 heteroatoms. The zero-order valence-corrected chi connectivity index (χ0v) is 14.5. The van der Waals surface area contributed by atoms with Crippen LogP contribution in [0, 0.1) is 12.8 Å². The van der Waals surface area contributed by atoms with Crippen LogP contribution < -0.4 is 4.90 Å². The lowest BCUT2D eigenvalue weighted by Crippen LogP contribution is -2.35. The third-order valence-electron chi connectivity index (χ3n) is 3.94. The van der Waals surface area contributed by atoms with Crippen molar-refractivity contribution in [2.45, 2.75) is 26.0 Å². The number of aryl methyl sites for hydroxylation is 1. The van der Waals surface area contributed by atoms with Gasteiger partial charge in [-0.1, -0.05) is 13.8 Å². The Balaban J connectivity index is 2.26. The molecule has 2 heterocycles. The minimum Gasteiger partial charge on any atom is -0.312 e. The summed E-state index contributed by atoms with van der Waals surface area (Å²) in [7, 11) is 1.81. The van der Waals surface area contributed by atoms with E-state index in [-0.39, 0.29) is 17.1 Å². The van der Waals surface area contributed by atoms with Crippen molar-refractivity contribution >= 4 is 23.4 Å². The van der Waals surface area contributed by atoms with E-state index >= 15 is 0 Å². The average molecular weight is 318 g/mol. The van der Waals surface area contributed by atoms with Crippen LogP contribution in [0.25, 0.3) is 5.69 Å². The summed E-state index contributed by atoms with van der Waals surface area (Å²) in [6.07, 6.45) is 7.37. The van der Waals surface area contributed by atoms with Crippen LogP contribution >= 0.6 is 11.8 Å². The number of amides is 1. The van der Waals surface area contributed by atoms with Crippen LogP contribution in [0.15, 0.2) is 30.7 Å². The van der Waals surface area contributed by atoms with Gasteiger partial charge in [-0.05, 0) is 25.3 Å². The van der Waals surface area contributed by atoms with E-state index in [1.54, 1.807) is 33.7 Å². The smallest absolute Gasteiger partial charge is 0.230 e. The minimum atomic E-state index is -0.0406. The topological polar surface area (TPSA) is 51.0 Å². The van der Waals surface area contributed by atoms with Crippen molar-refractivity contribution in [2.24, 2.45) is 5.92 Å². The zero-order valence-electron chi connectivity index (χ0n) is 13.6. The van der Waals surface area contributed by atoms with Crippen molar-refractivity contribution in [3.8, 4) is 5.69 Å². The number of rotatable bonds is 5. The summed E-state index contributed by atoms with van der Waals surface area (Å²) >= 11 is 1.70. The highest BCUT2D eigenvalue weighted by Gasteiger charge is 2.25. The van der Waals surface area contributed by atoms with Gasteiger partial charge in [0.25, 0.3) is 0 Å². The second kappa shape index (κ2) is 6.96. The second-order valence-corrected chi connectivity index (χ2v) is 6.60. The summed E-state index contributed by atoms with van der Waals surface area (Å²) in [5.74, 6) is 0.0665. The molecule has 118 valence electrons. The van der Waals surface area contributed by atoms with Crippen LogP contribution in [0.5, 0.6) is 0 Å². The lowest BCUT2D eigenvalue weighted by Gasteiger charge is -2.23. The second-order valence-electron chi connectivity index (χ2n) is 5.38. The maximum atomic E-state index is 12.6. The van der Waals surface area contributed by atoms with Crippen LogP contribution in [0.3, 0.4) is 0 Å². The van der Waals surface area contributed by atoms with E-state index < -0.39 is 0 Å². The number of anilines is 1. The number of carbonyl (C=O) groups excluding carboxylic acids is 1. The fourth-order valence-electron chi connectivity index (χ4n) is 2.23. The third kappa shape index (κ3) is 3.32. The van der Waals surface area contributed by atoms with Crippen molar-refractivity contribution in [2.75, 3.05) is 18.2 Å². The molecule has 0 N–H and O–H groups in total. The van der Waals surface area contributed by atoms with Crippen LogP contribution in [-0.2, 0) is 4.79 Å². The average Bonchev–Trinajstić information content (AvgIpc) is 2.94. The van der Waals surface area contributed by atoms with Gasteiger partial charge in [0.05, 0.1) is 29.5 Å². The van der Waals surface area contributed by atoms with Crippen molar-refractivity contribution < 1.29 is 4.79 Å². The van der Waals surface area contributed by atoms with Gasteiger partial charge in [0.15, 0.2) is 0 Å². The Hall–Kier alpha value is -1.82. The Morgan fingerprint density at radius 1 is 1.41 bits per heavy atom. The van der Waals surface area contributed by atoms with Crippen LogP contribution in [0.2, 0.25) is 0 Å². The lowest BCUT2D eigenvalue weighted by molar-refractivity contribution is -0.121. The van der Waals surface area contributed by atoms with Crippen LogP contribution in [0.1, 0.15) is 19.5 Å². The molecule has 1 amide bonds. The molecule has 0 radical (unpaired) electrons. The highest BCUT2D eigenvalue weighted by Crippen LogP contribution is 2.24. The molecular formula is C16H22N4OS. The molecule has 5 nitrogen and oxygen atoms in total.